The molecule has 12 heteroatoms. The Labute approximate surface area is 172 Å². The summed E-state index contributed by atoms with van der Waals surface area (Å²) >= 11 is 1.51. The number of ether oxygens (including phenoxy) is 1. The number of thiophene rings is 1. The van der Waals surface area contributed by atoms with Crippen molar-refractivity contribution in [2.24, 2.45) is 5.10 Å². The number of rotatable bonds is 5. The van der Waals surface area contributed by atoms with Gasteiger partial charge < -0.3 is 4.74 Å². The average Bonchev–Trinajstić information content (AvgIpc) is 3.11. The van der Waals surface area contributed by atoms with Crippen molar-refractivity contribution in [2.45, 2.75) is 25.7 Å². The lowest BCUT2D eigenvalue weighted by atomic mass is 9.97. The van der Waals surface area contributed by atoms with Crippen molar-refractivity contribution in [3.8, 4) is 5.75 Å². The van der Waals surface area contributed by atoms with E-state index in [0.29, 0.717) is 10.2 Å². The molecule has 154 valence electrons. The van der Waals surface area contributed by atoms with Crippen LogP contribution in [0.1, 0.15) is 28.8 Å². The van der Waals surface area contributed by atoms with Crippen LogP contribution in [-0.2, 0) is 12.8 Å². The second kappa shape index (κ2) is 7.63. The second-order valence-electron chi connectivity index (χ2n) is 6.64. The number of nitrogens with zero attached hydrogens (tertiary/aromatic N) is 5. The summed E-state index contributed by atoms with van der Waals surface area (Å²) in [6.45, 7) is 0. The Balaban J connectivity index is 1.80. The topological polar surface area (TPSA) is 143 Å². The molecule has 1 aromatic carbocycles. The van der Waals surface area contributed by atoms with E-state index in [1.54, 1.807) is 0 Å². The first-order valence-corrected chi connectivity index (χ1v) is 9.79. The van der Waals surface area contributed by atoms with Crippen molar-refractivity contribution in [1.82, 2.24) is 9.66 Å². The fourth-order valence-corrected chi connectivity index (χ4v) is 4.74. The van der Waals surface area contributed by atoms with E-state index in [1.165, 1.54) is 22.5 Å². The first-order valence-electron chi connectivity index (χ1n) is 8.97. The van der Waals surface area contributed by atoms with Crippen LogP contribution in [0, 0.1) is 20.2 Å². The zero-order valence-electron chi connectivity index (χ0n) is 15.7. The molecule has 2 aromatic heterocycles. The number of methoxy groups -OCH3 is 1. The van der Waals surface area contributed by atoms with E-state index in [2.05, 4.69) is 10.1 Å². The molecule has 1 aliphatic carbocycles. The maximum Gasteiger partial charge on any atom is 0.318 e. The van der Waals surface area contributed by atoms with Crippen LogP contribution in [0.3, 0.4) is 0 Å². The molecular formula is C18H15N5O6S. The molecule has 0 fully saturated rings. The van der Waals surface area contributed by atoms with Gasteiger partial charge in [-0.05, 0) is 31.2 Å². The van der Waals surface area contributed by atoms with Gasteiger partial charge in [0.05, 0.1) is 28.6 Å². The number of nitro groups is 2. The maximum atomic E-state index is 12.9. The summed E-state index contributed by atoms with van der Waals surface area (Å²) in [6, 6.07) is 2.19. The molecule has 0 unspecified atom stereocenters. The van der Waals surface area contributed by atoms with E-state index >= 15 is 0 Å². The quantitative estimate of drug-likeness (QED) is 0.344. The zero-order chi connectivity index (χ0) is 21.4. The lowest BCUT2D eigenvalue weighted by molar-refractivity contribution is -0.395. The predicted molar refractivity (Wildman–Crippen MR) is 110 cm³/mol. The van der Waals surface area contributed by atoms with Crippen LogP contribution in [0.5, 0.6) is 5.75 Å². The summed E-state index contributed by atoms with van der Waals surface area (Å²) in [5.41, 5.74) is -0.386. The Hall–Kier alpha value is -3.67. The van der Waals surface area contributed by atoms with Gasteiger partial charge in [-0.3, -0.25) is 25.0 Å². The van der Waals surface area contributed by atoms with Crippen LogP contribution in [-0.4, -0.2) is 32.8 Å². The molecule has 4 rings (SSSR count). The fraction of sp³-hybridized carbons (Fsp3) is 0.278. The van der Waals surface area contributed by atoms with E-state index in [4.69, 9.17) is 4.74 Å². The molecule has 0 saturated carbocycles. The molecule has 0 saturated heterocycles. The minimum atomic E-state index is -0.777. The minimum absolute atomic E-state index is 0.0774. The maximum absolute atomic E-state index is 12.9. The minimum Gasteiger partial charge on any atom is -0.485 e. The smallest absolute Gasteiger partial charge is 0.318 e. The number of aryl methyl sites for hydroxylation is 2. The molecule has 0 spiro atoms. The largest absolute Gasteiger partial charge is 0.485 e. The summed E-state index contributed by atoms with van der Waals surface area (Å²) in [5.74, 6) is -0.452. The van der Waals surface area contributed by atoms with Crippen molar-refractivity contribution >= 4 is 39.1 Å². The molecule has 0 aliphatic heterocycles. The molecule has 0 bridgehead atoms. The first kappa shape index (κ1) is 19.6. The van der Waals surface area contributed by atoms with E-state index < -0.39 is 27.0 Å². The van der Waals surface area contributed by atoms with Crippen molar-refractivity contribution in [3.63, 3.8) is 0 Å². The van der Waals surface area contributed by atoms with Gasteiger partial charge in [0.1, 0.15) is 11.2 Å². The lowest BCUT2D eigenvalue weighted by Crippen LogP contribution is -2.18. The predicted octanol–water partition coefficient (Wildman–Crippen LogP) is 3.04. The highest BCUT2D eigenvalue weighted by molar-refractivity contribution is 7.18. The summed E-state index contributed by atoms with van der Waals surface area (Å²) in [6.07, 6.45) is 6.26. The van der Waals surface area contributed by atoms with Gasteiger partial charge in [-0.15, -0.1) is 11.3 Å². The van der Waals surface area contributed by atoms with Gasteiger partial charge in [-0.1, -0.05) is 0 Å². The van der Waals surface area contributed by atoms with Crippen molar-refractivity contribution in [2.75, 3.05) is 7.11 Å². The van der Waals surface area contributed by atoms with Crippen molar-refractivity contribution in [3.05, 3.63) is 65.0 Å². The highest BCUT2D eigenvalue weighted by Crippen LogP contribution is 2.37. The summed E-state index contributed by atoms with van der Waals surface area (Å²) < 4.78 is 5.87. The van der Waals surface area contributed by atoms with E-state index in [0.717, 1.165) is 61.4 Å². The Kier molecular flexibility index (Phi) is 4.99. The molecule has 0 atom stereocenters. The van der Waals surface area contributed by atoms with Crippen LogP contribution >= 0.6 is 11.3 Å². The standard InChI is InChI=1S/C18H15N5O6S/c1-29-16-12(22(25)26)6-10(7-13(16)23(27)28)8-20-21-9-19-17-15(18(21)24)11-4-2-3-5-14(11)30-17/h6-9H,2-5H2,1H3/b20-8-. The van der Waals surface area contributed by atoms with Crippen molar-refractivity contribution in [1.29, 1.82) is 0 Å². The van der Waals surface area contributed by atoms with Gasteiger partial charge in [0.25, 0.3) is 11.3 Å². The third-order valence-electron chi connectivity index (χ3n) is 4.86. The van der Waals surface area contributed by atoms with Crippen molar-refractivity contribution < 1.29 is 14.6 Å². The number of benzene rings is 1. The molecule has 11 nitrogen and oxygen atoms in total. The molecule has 0 amide bonds. The Morgan fingerprint density at radius 1 is 1.20 bits per heavy atom. The molecule has 0 radical (unpaired) electrons. The number of hydrogen-bond acceptors (Lipinski definition) is 9. The van der Waals surface area contributed by atoms with E-state index in [-0.39, 0.29) is 11.1 Å². The first-order chi connectivity index (χ1) is 14.4. The molecule has 3 aromatic rings. The SMILES string of the molecule is COc1c([N+](=O)[O-])cc(/C=N\n2cnc3sc4c(c3c2=O)CCCC4)cc1[N+](=O)[O-]. The Morgan fingerprint density at radius 2 is 1.87 bits per heavy atom. The molecule has 1 aliphatic rings. The third-order valence-corrected chi connectivity index (χ3v) is 6.06. The Morgan fingerprint density at radius 3 is 2.50 bits per heavy atom. The number of hydrogen-bond donors (Lipinski definition) is 0. The lowest BCUT2D eigenvalue weighted by Gasteiger charge is -2.09. The van der Waals surface area contributed by atoms with Gasteiger partial charge in [0.15, 0.2) is 0 Å². The van der Waals surface area contributed by atoms with Crippen LogP contribution < -0.4 is 10.3 Å². The third kappa shape index (κ3) is 3.30. The Bertz CT molecular complexity index is 1240. The normalized spacial score (nSPS) is 13.5. The number of aromatic nitrogens is 2. The molecular weight excluding hydrogens is 414 g/mol. The molecule has 30 heavy (non-hydrogen) atoms. The summed E-state index contributed by atoms with van der Waals surface area (Å²) in [4.78, 5) is 40.1. The number of nitro benzene ring substituents is 2. The molecule has 0 N–H and O–H groups in total. The van der Waals surface area contributed by atoms with Gasteiger partial charge in [-0.2, -0.15) is 9.78 Å². The van der Waals surface area contributed by atoms with E-state index in [1.807, 2.05) is 0 Å². The van der Waals surface area contributed by atoms with Gasteiger partial charge in [-0.25, -0.2) is 4.98 Å². The molecule has 2 heterocycles. The van der Waals surface area contributed by atoms with Crippen LogP contribution in [0.25, 0.3) is 10.2 Å². The van der Waals surface area contributed by atoms with Gasteiger partial charge >= 0.3 is 11.4 Å². The summed E-state index contributed by atoms with van der Waals surface area (Å²) in [5, 5.41) is 27.2. The summed E-state index contributed by atoms with van der Waals surface area (Å²) in [7, 11) is 1.12. The highest BCUT2D eigenvalue weighted by atomic mass is 32.1. The second-order valence-corrected chi connectivity index (χ2v) is 7.72. The monoisotopic (exact) mass is 429 g/mol. The van der Waals surface area contributed by atoms with Crippen LogP contribution in [0.2, 0.25) is 0 Å². The van der Waals surface area contributed by atoms with E-state index in [9.17, 15) is 25.0 Å². The average molecular weight is 429 g/mol. The number of fused-ring (bicyclic) bond motifs is 3. The van der Waals surface area contributed by atoms with Gasteiger partial charge in [0.2, 0.25) is 0 Å². The fourth-order valence-electron chi connectivity index (χ4n) is 3.52. The highest BCUT2D eigenvalue weighted by Gasteiger charge is 2.27. The zero-order valence-corrected chi connectivity index (χ0v) is 16.5. The van der Waals surface area contributed by atoms with Crippen LogP contribution in [0.4, 0.5) is 11.4 Å². The van der Waals surface area contributed by atoms with Gasteiger partial charge in [0, 0.05) is 22.6 Å². The van der Waals surface area contributed by atoms with Crippen LogP contribution in [0.15, 0.2) is 28.4 Å².